The number of hydrogen-bond donors (Lipinski definition) is 2. The number of aromatic nitrogens is 3. The van der Waals surface area contributed by atoms with Gasteiger partial charge in [-0.2, -0.15) is 18.3 Å². The maximum absolute atomic E-state index is 12.7. The fourth-order valence-corrected chi connectivity index (χ4v) is 3.45. The lowest BCUT2D eigenvalue weighted by Gasteiger charge is -2.41. The molecule has 0 atom stereocenters. The van der Waals surface area contributed by atoms with Crippen LogP contribution in [0, 0.1) is 6.92 Å². The molecule has 3 aromatic rings. The molecule has 0 unspecified atom stereocenters. The van der Waals surface area contributed by atoms with E-state index in [1.807, 2.05) is 18.9 Å². The molecule has 1 amide bonds. The third kappa shape index (κ3) is 3.34. The molecule has 1 aliphatic heterocycles. The number of rotatable bonds is 3. The molecule has 7 nitrogen and oxygen atoms in total. The lowest BCUT2D eigenvalue weighted by Crippen LogP contribution is -2.59. The van der Waals surface area contributed by atoms with Crippen molar-refractivity contribution in [1.82, 2.24) is 20.1 Å². The molecule has 3 N–H and O–H groups in total. The number of amides is 1. The van der Waals surface area contributed by atoms with Gasteiger partial charge in [0.25, 0.3) is 5.91 Å². The largest absolute Gasteiger partial charge is 0.433 e. The summed E-state index contributed by atoms with van der Waals surface area (Å²) in [5.74, 6) is -0.289. The maximum Gasteiger partial charge on any atom is 0.433 e. The standard InChI is InChI=1S/C19H19F3N6O/c1-10-16-14(26-27(10)2)5-4-13(17(16)23)18(29)25-11-8-28(9-11)12-3-6-15(24-7-12)19(20,21)22/h3-7,11H,8-9,23H2,1-2H3,(H,25,29). The molecule has 0 aliphatic carbocycles. The molecule has 2 aromatic heterocycles. The van der Waals surface area contributed by atoms with Crippen molar-refractivity contribution in [1.29, 1.82) is 0 Å². The molecule has 3 heterocycles. The Kier molecular flexibility index (Phi) is 4.36. The number of halogens is 3. The van der Waals surface area contributed by atoms with Gasteiger partial charge < -0.3 is 16.0 Å². The first-order valence-corrected chi connectivity index (χ1v) is 8.96. The van der Waals surface area contributed by atoms with Gasteiger partial charge in [0.05, 0.1) is 34.7 Å². The van der Waals surface area contributed by atoms with E-state index in [9.17, 15) is 18.0 Å². The number of nitrogen functional groups attached to an aromatic ring is 1. The number of carbonyl (C=O) groups excluding carboxylic acids is 1. The molecule has 152 valence electrons. The normalized spacial score (nSPS) is 14.9. The predicted molar refractivity (Wildman–Crippen MR) is 103 cm³/mol. The van der Waals surface area contributed by atoms with Crippen LogP contribution >= 0.6 is 0 Å². The Morgan fingerprint density at radius 2 is 1.97 bits per heavy atom. The Morgan fingerprint density at radius 1 is 1.24 bits per heavy atom. The Morgan fingerprint density at radius 3 is 2.59 bits per heavy atom. The van der Waals surface area contributed by atoms with Crippen molar-refractivity contribution in [2.45, 2.75) is 19.1 Å². The van der Waals surface area contributed by atoms with Gasteiger partial charge in [0.1, 0.15) is 5.69 Å². The monoisotopic (exact) mass is 404 g/mol. The SMILES string of the molecule is Cc1c2c(N)c(C(=O)NC3CN(c4ccc(C(F)(F)F)nc4)C3)ccc2nn1C. The average Bonchev–Trinajstić information content (AvgIpc) is 2.92. The van der Waals surface area contributed by atoms with Gasteiger partial charge >= 0.3 is 6.18 Å². The second-order valence-corrected chi connectivity index (χ2v) is 7.10. The molecular formula is C19H19F3N6O. The molecule has 4 rings (SSSR count). The smallest absolute Gasteiger partial charge is 0.397 e. The summed E-state index contributed by atoms with van der Waals surface area (Å²) in [4.78, 5) is 18.0. The predicted octanol–water partition coefficient (Wildman–Crippen LogP) is 2.50. The second-order valence-electron chi connectivity index (χ2n) is 7.10. The Bertz CT molecular complexity index is 1080. The van der Waals surface area contributed by atoms with Crippen LogP contribution in [0.2, 0.25) is 0 Å². The van der Waals surface area contributed by atoms with Crippen LogP contribution in [-0.4, -0.2) is 39.8 Å². The lowest BCUT2D eigenvalue weighted by atomic mass is 10.0. The van der Waals surface area contributed by atoms with Crippen LogP contribution in [0.3, 0.4) is 0 Å². The van der Waals surface area contributed by atoms with Gasteiger partial charge in [-0.3, -0.25) is 9.48 Å². The molecule has 0 bridgehead atoms. The summed E-state index contributed by atoms with van der Waals surface area (Å²) in [7, 11) is 1.81. The summed E-state index contributed by atoms with van der Waals surface area (Å²) in [6.07, 6.45) is -3.27. The van der Waals surface area contributed by atoms with E-state index >= 15 is 0 Å². The number of pyridine rings is 1. The zero-order chi connectivity index (χ0) is 20.9. The Balaban J connectivity index is 1.42. The van der Waals surface area contributed by atoms with E-state index in [0.29, 0.717) is 30.0 Å². The lowest BCUT2D eigenvalue weighted by molar-refractivity contribution is -0.141. The number of fused-ring (bicyclic) bond motifs is 1. The topological polar surface area (TPSA) is 89.1 Å². The maximum atomic E-state index is 12.7. The number of anilines is 2. The van der Waals surface area contributed by atoms with E-state index in [2.05, 4.69) is 15.4 Å². The fourth-order valence-electron chi connectivity index (χ4n) is 3.45. The van der Waals surface area contributed by atoms with Gasteiger partial charge in [-0.1, -0.05) is 0 Å². The molecular weight excluding hydrogens is 385 g/mol. The minimum absolute atomic E-state index is 0.130. The summed E-state index contributed by atoms with van der Waals surface area (Å²) in [6.45, 7) is 2.84. The number of carbonyl (C=O) groups is 1. The van der Waals surface area contributed by atoms with Crippen LogP contribution in [0.15, 0.2) is 30.5 Å². The van der Waals surface area contributed by atoms with Crippen LogP contribution in [0.5, 0.6) is 0 Å². The van der Waals surface area contributed by atoms with Crippen LogP contribution in [0.4, 0.5) is 24.5 Å². The van der Waals surface area contributed by atoms with E-state index in [-0.39, 0.29) is 11.9 Å². The van der Waals surface area contributed by atoms with Crippen molar-refractivity contribution in [3.63, 3.8) is 0 Å². The highest BCUT2D eigenvalue weighted by molar-refractivity contribution is 6.07. The van der Waals surface area contributed by atoms with E-state index < -0.39 is 11.9 Å². The van der Waals surface area contributed by atoms with Gasteiger partial charge in [0, 0.05) is 31.2 Å². The highest BCUT2D eigenvalue weighted by Crippen LogP contribution is 2.30. The number of nitrogens with zero attached hydrogens (tertiary/aromatic N) is 4. The molecule has 1 fully saturated rings. The van der Waals surface area contributed by atoms with Crippen molar-refractivity contribution >= 4 is 28.2 Å². The summed E-state index contributed by atoms with van der Waals surface area (Å²) in [5, 5.41) is 8.02. The minimum atomic E-state index is -4.46. The molecule has 0 radical (unpaired) electrons. The number of alkyl halides is 3. The van der Waals surface area contributed by atoms with Crippen LogP contribution in [-0.2, 0) is 13.2 Å². The van der Waals surface area contributed by atoms with Gasteiger partial charge in [0.2, 0.25) is 0 Å². The highest BCUT2D eigenvalue weighted by Gasteiger charge is 2.33. The van der Waals surface area contributed by atoms with E-state index in [1.165, 1.54) is 12.3 Å². The molecule has 1 aromatic carbocycles. The number of aryl methyl sites for hydroxylation is 2. The van der Waals surface area contributed by atoms with E-state index in [4.69, 9.17) is 5.73 Å². The Labute approximate surface area is 164 Å². The van der Waals surface area contributed by atoms with Gasteiger partial charge in [-0.15, -0.1) is 0 Å². The van der Waals surface area contributed by atoms with Crippen molar-refractivity contribution in [2.75, 3.05) is 23.7 Å². The number of hydrogen-bond acceptors (Lipinski definition) is 5. The number of nitrogens with two attached hydrogens (primary N) is 1. The molecule has 0 spiro atoms. The average molecular weight is 404 g/mol. The second kappa shape index (κ2) is 6.64. The zero-order valence-electron chi connectivity index (χ0n) is 15.8. The third-order valence-corrected chi connectivity index (χ3v) is 5.19. The third-order valence-electron chi connectivity index (χ3n) is 5.19. The fraction of sp³-hybridized carbons (Fsp3) is 0.316. The highest BCUT2D eigenvalue weighted by atomic mass is 19.4. The molecule has 10 heteroatoms. The van der Waals surface area contributed by atoms with Crippen molar-refractivity contribution in [3.8, 4) is 0 Å². The summed E-state index contributed by atoms with van der Waals surface area (Å²) in [5.41, 5.74) is 8.22. The van der Waals surface area contributed by atoms with Gasteiger partial charge in [-0.25, -0.2) is 4.98 Å². The quantitative estimate of drug-likeness (QED) is 0.655. The summed E-state index contributed by atoms with van der Waals surface area (Å²) in [6, 6.07) is 5.61. The number of benzene rings is 1. The van der Waals surface area contributed by atoms with Gasteiger partial charge in [0.15, 0.2) is 0 Å². The van der Waals surface area contributed by atoms with Crippen LogP contribution in [0.1, 0.15) is 21.7 Å². The molecule has 29 heavy (non-hydrogen) atoms. The summed E-state index contributed by atoms with van der Waals surface area (Å²) < 4.78 is 39.5. The van der Waals surface area contributed by atoms with Gasteiger partial charge in [-0.05, 0) is 31.2 Å². The first-order chi connectivity index (χ1) is 13.6. The van der Waals surface area contributed by atoms with Crippen molar-refractivity contribution < 1.29 is 18.0 Å². The van der Waals surface area contributed by atoms with Crippen LogP contribution in [0.25, 0.3) is 10.9 Å². The van der Waals surface area contributed by atoms with Crippen molar-refractivity contribution in [3.05, 3.63) is 47.4 Å². The Hall–Kier alpha value is -3.30. The van der Waals surface area contributed by atoms with Crippen LogP contribution < -0.4 is 16.0 Å². The van der Waals surface area contributed by atoms with E-state index in [0.717, 1.165) is 22.7 Å². The zero-order valence-corrected chi connectivity index (χ0v) is 15.8. The molecule has 1 aliphatic rings. The minimum Gasteiger partial charge on any atom is -0.397 e. The van der Waals surface area contributed by atoms with E-state index in [1.54, 1.807) is 16.8 Å². The first kappa shape index (κ1) is 19.0. The molecule has 1 saturated heterocycles. The first-order valence-electron chi connectivity index (χ1n) is 8.96. The number of nitrogens with one attached hydrogen (secondary N) is 1. The van der Waals surface area contributed by atoms with Crippen molar-refractivity contribution in [2.24, 2.45) is 7.05 Å². The summed E-state index contributed by atoms with van der Waals surface area (Å²) >= 11 is 0. The molecule has 0 saturated carbocycles.